The van der Waals surface area contributed by atoms with E-state index in [1.54, 1.807) is 0 Å². The summed E-state index contributed by atoms with van der Waals surface area (Å²) < 4.78 is 0. The fourth-order valence-corrected chi connectivity index (χ4v) is 2.43. The zero-order valence-electron chi connectivity index (χ0n) is 12.4. The van der Waals surface area contributed by atoms with Crippen molar-refractivity contribution in [3.63, 3.8) is 0 Å². The molecule has 20 heavy (non-hydrogen) atoms. The van der Waals surface area contributed by atoms with Crippen LogP contribution in [0.3, 0.4) is 0 Å². The number of allylic oxidation sites excluding steroid dienone is 2. The molecule has 0 saturated heterocycles. The molecule has 0 aromatic heterocycles. The molecular formula is C19H21N. The Hall–Kier alpha value is -2.28. The number of hydrogen-bond acceptors (Lipinski definition) is 1. The summed E-state index contributed by atoms with van der Waals surface area (Å²) in [4.78, 5) is 0. The zero-order chi connectivity index (χ0) is 14.5. The summed E-state index contributed by atoms with van der Waals surface area (Å²) in [5.74, 6) is 0. The van der Waals surface area contributed by atoms with E-state index >= 15 is 0 Å². The molecule has 0 unspecified atom stereocenters. The molecule has 0 spiro atoms. The Balaban J connectivity index is 2.57. The number of benzene rings is 2. The second-order valence-corrected chi connectivity index (χ2v) is 4.91. The summed E-state index contributed by atoms with van der Waals surface area (Å²) >= 11 is 0. The van der Waals surface area contributed by atoms with Crippen LogP contribution in [-0.2, 0) is 0 Å². The Labute approximate surface area is 121 Å². The van der Waals surface area contributed by atoms with Crippen LogP contribution >= 0.6 is 0 Å². The topological polar surface area (TPSA) is 12.0 Å². The highest BCUT2D eigenvalue weighted by Crippen LogP contribution is 2.30. The van der Waals surface area contributed by atoms with E-state index in [2.05, 4.69) is 68.2 Å². The van der Waals surface area contributed by atoms with Crippen molar-refractivity contribution in [3.8, 4) is 11.1 Å². The molecule has 102 valence electrons. The second kappa shape index (κ2) is 6.25. The molecule has 0 bridgehead atoms. The van der Waals surface area contributed by atoms with Gasteiger partial charge in [0.25, 0.3) is 0 Å². The molecule has 0 radical (unpaired) electrons. The summed E-state index contributed by atoms with van der Waals surface area (Å²) in [7, 11) is 1.95. The van der Waals surface area contributed by atoms with Crippen molar-refractivity contribution >= 4 is 11.8 Å². The molecule has 1 heteroatoms. The predicted molar refractivity (Wildman–Crippen MR) is 90.1 cm³/mol. The van der Waals surface area contributed by atoms with Gasteiger partial charge in [-0.05, 0) is 53.8 Å². The van der Waals surface area contributed by atoms with Crippen LogP contribution in [-0.4, -0.2) is 7.05 Å². The summed E-state index contributed by atoms with van der Waals surface area (Å²) in [6, 6.07) is 12.9. The molecule has 0 heterocycles. The first-order chi connectivity index (χ1) is 9.67. The van der Waals surface area contributed by atoms with E-state index in [0.717, 1.165) is 0 Å². The van der Waals surface area contributed by atoms with Crippen LogP contribution < -0.4 is 5.32 Å². The van der Waals surface area contributed by atoms with Crippen molar-refractivity contribution in [2.24, 2.45) is 0 Å². The van der Waals surface area contributed by atoms with Gasteiger partial charge in [0.2, 0.25) is 0 Å². The normalized spacial score (nSPS) is 10.8. The first-order valence-corrected chi connectivity index (χ1v) is 6.85. The minimum Gasteiger partial charge on any atom is -0.388 e. The summed E-state index contributed by atoms with van der Waals surface area (Å²) in [5.41, 5.74) is 7.46. The lowest BCUT2D eigenvalue weighted by Gasteiger charge is -2.12. The zero-order valence-corrected chi connectivity index (χ0v) is 12.4. The standard InChI is InChI=1S/C19H21N/c1-5-6-9-17-14(2)8-7-10-18(17)16-11-12-19(20-4)15(3)13-16/h5-13,20H,1H2,2-4H3/b9-6-. The van der Waals surface area contributed by atoms with Gasteiger partial charge in [0.05, 0.1) is 0 Å². The molecule has 0 aliphatic rings. The number of rotatable bonds is 4. The molecule has 2 aromatic carbocycles. The predicted octanol–water partition coefficient (Wildman–Crippen LogP) is 5.21. The Kier molecular flexibility index (Phi) is 4.41. The Bertz CT molecular complexity index is 651. The molecule has 0 atom stereocenters. The highest BCUT2D eigenvalue weighted by molar-refractivity contribution is 5.79. The quantitative estimate of drug-likeness (QED) is 0.746. The first kappa shape index (κ1) is 14.1. The average Bonchev–Trinajstić information content (AvgIpc) is 2.45. The molecule has 0 fully saturated rings. The Morgan fingerprint density at radius 1 is 1.05 bits per heavy atom. The number of nitrogens with one attached hydrogen (secondary N) is 1. The van der Waals surface area contributed by atoms with Crippen molar-refractivity contribution in [1.29, 1.82) is 0 Å². The number of aryl methyl sites for hydroxylation is 2. The summed E-state index contributed by atoms with van der Waals surface area (Å²) in [6.07, 6.45) is 5.92. The third-order valence-electron chi connectivity index (χ3n) is 3.53. The van der Waals surface area contributed by atoms with Gasteiger partial charge in [0.15, 0.2) is 0 Å². The van der Waals surface area contributed by atoms with Crippen molar-refractivity contribution in [2.75, 3.05) is 12.4 Å². The van der Waals surface area contributed by atoms with E-state index in [0.29, 0.717) is 0 Å². The SMILES string of the molecule is C=C/C=C\c1c(C)cccc1-c1ccc(NC)c(C)c1. The molecule has 0 aliphatic heterocycles. The lowest BCUT2D eigenvalue weighted by atomic mass is 9.94. The van der Waals surface area contributed by atoms with Crippen LogP contribution in [0.15, 0.2) is 55.1 Å². The molecule has 0 aliphatic carbocycles. The fraction of sp³-hybridized carbons (Fsp3) is 0.158. The number of hydrogen-bond donors (Lipinski definition) is 1. The van der Waals surface area contributed by atoms with Crippen LogP contribution in [0.5, 0.6) is 0 Å². The van der Waals surface area contributed by atoms with Gasteiger partial charge >= 0.3 is 0 Å². The molecular weight excluding hydrogens is 242 g/mol. The lowest BCUT2D eigenvalue weighted by molar-refractivity contribution is 1.39. The maximum atomic E-state index is 3.75. The van der Waals surface area contributed by atoms with Gasteiger partial charge in [-0.2, -0.15) is 0 Å². The van der Waals surface area contributed by atoms with Gasteiger partial charge < -0.3 is 5.32 Å². The van der Waals surface area contributed by atoms with Gasteiger partial charge in [-0.3, -0.25) is 0 Å². The van der Waals surface area contributed by atoms with E-state index in [-0.39, 0.29) is 0 Å². The Morgan fingerprint density at radius 3 is 2.50 bits per heavy atom. The first-order valence-electron chi connectivity index (χ1n) is 6.85. The van der Waals surface area contributed by atoms with Gasteiger partial charge in [0.1, 0.15) is 0 Å². The van der Waals surface area contributed by atoms with Crippen molar-refractivity contribution < 1.29 is 0 Å². The molecule has 2 rings (SSSR count). The van der Waals surface area contributed by atoms with Crippen molar-refractivity contribution in [3.05, 3.63) is 71.8 Å². The maximum absolute atomic E-state index is 3.75. The van der Waals surface area contributed by atoms with Crippen LogP contribution in [0.2, 0.25) is 0 Å². The Morgan fingerprint density at radius 2 is 1.85 bits per heavy atom. The molecule has 0 amide bonds. The second-order valence-electron chi connectivity index (χ2n) is 4.91. The third-order valence-corrected chi connectivity index (χ3v) is 3.53. The smallest absolute Gasteiger partial charge is 0.0367 e. The molecule has 1 N–H and O–H groups in total. The van der Waals surface area contributed by atoms with E-state index in [1.807, 2.05) is 19.2 Å². The summed E-state index contributed by atoms with van der Waals surface area (Å²) in [6.45, 7) is 8.02. The van der Waals surface area contributed by atoms with E-state index in [1.165, 1.54) is 33.5 Å². The highest BCUT2D eigenvalue weighted by atomic mass is 14.8. The van der Waals surface area contributed by atoms with Crippen LogP contribution in [0.4, 0.5) is 5.69 Å². The van der Waals surface area contributed by atoms with Crippen molar-refractivity contribution in [2.45, 2.75) is 13.8 Å². The van der Waals surface area contributed by atoms with Crippen LogP contribution in [0.25, 0.3) is 17.2 Å². The van der Waals surface area contributed by atoms with Gasteiger partial charge in [-0.15, -0.1) is 0 Å². The monoisotopic (exact) mass is 263 g/mol. The van der Waals surface area contributed by atoms with Gasteiger partial charge in [0, 0.05) is 12.7 Å². The molecule has 2 aromatic rings. The van der Waals surface area contributed by atoms with E-state index in [4.69, 9.17) is 0 Å². The molecule has 1 nitrogen and oxygen atoms in total. The fourth-order valence-electron chi connectivity index (χ4n) is 2.43. The molecule has 0 saturated carbocycles. The van der Waals surface area contributed by atoms with Crippen molar-refractivity contribution in [1.82, 2.24) is 0 Å². The van der Waals surface area contributed by atoms with E-state index in [9.17, 15) is 0 Å². The van der Waals surface area contributed by atoms with E-state index < -0.39 is 0 Å². The highest BCUT2D eigenvalue weighted by Gasteiger charge is 2.06. The largest absolute Gasteiger partial charge is 0.388 e. The lowest BCUT2D eigenvalue weighted by Crippen LogP contribution is -1.93. The maximum Gasteiger partial charge on any atom is 0.0367 e. The number of anilines is 1. The van der Waals surface area contributed by atoms with Gasteiger partial charge in [-0.1, -0.05) is 49.1 Å². The average molecular weight is 263 g/mol. The summed E-state index contributed by atoms with van der Waals surface area (Å²) in [5, 5.41) is 3.21. The van der Waals surface area contributed by atoms with Crippen LogP contribution in [0, 0.1) is 13.8 Å². The minimum absolute atomic E-state index is 1.17. The minimum atomic E-state index is 1.17. The van der Waals surface area contributed by atoms with Gasteiger partial charge in [-0.25, -0.2) is 0 Å². The van der Waals surface area contributed by atoms with Crippen LogP contribution in [0.1, 0.15) is 16.7 Å². The third kappa shape index (κ3) is 2.83.